The molecule has 0 saturated heterocycles. The summed E-state index contributed by atoms with van der Waals surface area (Å²) in [5.74, 6) is 0.173. The number of aryl methyl sites for hydroxylation is 1. The Balaban J connectivity index is 1.84. The van der Waals surface area contributed by atoms with Crippen LogP contribution in [0.2, 0.25) is 5.02 Å². The molecule has 4 aromatic heterocycles. The van der Waals surface area contributed by atoms with E-state index in [0.29, 0.717) is 40.6 Å². The minimum Gasteiger partial charge on any atom is -0.399 e. The molecular weight excluding hydrogens is 506 g/mol. The van der Waals surface area contributed by atoms with Crippen molar-refractivity contribution in [3.05, 3.63) is 73.6 Å². The molecule has 0 spiro atoms. The Labute approximate surface area is 223 Å². The first-order chi connectivity index (χ1) is 18.1. The van der Waals surface area contributed by atoms with Crippen molar-refractivity contribution >= 4 is 39.2 Å². The van der Waals surface area contributed by atoms with E-state index in [9.17, 15) is 9.59 Å². The quantitative estimate of drug-likeness (QED) is 0.250. The van der Waals surface area contributed by atoms with E-state index in [1.807, 2.05) is 69.0 Å². The second-order valence-corrected chi connectivity index (χ2v) is 10.4. The number of benzene rings is 1. The summed E-state index contributed by atoms with van der Waals surface area (Å²) in [5.41, 5.74) is 4.41. The Hall–Kier alpha value is -4.05. The monoisotopic (exact) mass is 535 g/mol. The normalized spacial score (nSPS) is 12.4. The molecule has 0 amide bonds. The van der Waals surface area contributed by atoms with Gasteiger partial charge in [0.1, 0.15) is 18.2 Å². The van der Waals surface area contributed by atoms with E-state index in [-0.39, 0.29) is 11.6 Å². The SMILES string of the molecule is CO/N=C(\C)c1cc(-c2c3c(=O)n(C)c(=O)n(CC(C)C)c3nn2Cc2c[nH]c3ccc(Cl)cc23)n(C)c1. The number of oxime groups is 1. The van der Waals surface area contributed by atoms with Crippen LogP contribution in [0.25, 0.3) is 33.3 Å². The molecule has 0 fully saturated rings. The third kappa shape index (κ3) is 4.24. The molecule has 4 heterocycles. The summed E-state index contributed by atoms with van der Waals surface area (Å²) in [6.07, 6.45) is 3.85. The molecule has 5 rings (SSSR count). The average molecular weight is 536 g/mol. The number of nitrogens with one attached hydrogen (secondary N) is 1. The molecule has 1 aromatic carbocycles. The molecule has 0 bridgehead atoms. The summed E-state index contributed by atoms with van der Waals surface area (Å²) < 4.78 is 6.48. The van der Waals surface area contributed by atoms with Gasteiger partial charge < -0.3 is 14.4 Å². The lowest BCUT2D eigenvalue weighted by Crippen LogP contribution is -2.38. The van der Waals surface area contributed by atoms with Crippen molar-refractivity contribution in [1.29, 1.82) is 0 Å². The van der Waals surface area contributed by atoms with Crippen LogP contribution >= 0.6 is 11.6 Å². The van der Waals surface area contributed by atoms with Gasteiger partial charge in [0.15, 0.2) is 5.65 Å². The molecule has 198 valence electrons. The third-order valence-corrected chi connectivity index (χ3v) is 6.95. The lowest BCUT2D eigenvalue weighted by molar-refractivity contribution is 0.213. The van der Waals surface area contributed by atoms with Crippen LogP contribution in [0.3, 0.4) is 0 Å². The fraction of sp³-hybridized carbons (Fsp3) is 0.333. The standard InChI is InChI=1S/C27H30ClN7O3/c1-15(2)12-34-25-23(26(36)33(5)27(34)37)24(22-9-17(13-32(22)4)16(3)31-38-6)35(30-25)14-18-11-29-21-8-7-19(28)10-20(18)21/h7-11,13,15,29H,12,14H2,1-6H3/b31-16+. The zero-order chi connectivity index (χ0) is 27.3. The van der Waals surface area contributed by atoms with Crippen LogP contribution < -0.4 is 11.2 Å². The molecule has 11 heteroatoms. The smallest absolute Gasteiger partial charge is 0.332 e. The number of rotatable bonds is 7. The van der Waals surface area contributed by atoms with Crippen molar-refractivity contribution in [2.24, 2.45) is 25.2 Å². The first kappa shape index (κ1) is 25.6. The zero-order valence-electron chi connectivity index (χ0n) is 22.2. The number of H-pyrrole nitrogens is 1. The maximum atomic E-state index is 13.6. The number of hydrogen-bond donors (Lipinski definition) is 1. The number of fused-ring (bicyclic) bond motifs is 2. The van der Waals surface area contributed by atoms with Gasteiger partial charge in [0.05, 0.1) is 18.0 Å². The Morgan fingerprint density at radius 3 is 2.68 bits per heavy atom. The Morgan fingerprint density at radius 2 is 1.97 bits per heavy atom. The van der Waals surface area contributed by atoms with Gasteiger partial charge in [-0.05, 0) is 42.7 Å². The van der Waals surface area contributed by atoms with E-state index in [1.54, 1.807) is 9.25 Å². The maximum Gasteiger partial charge on any atom is 0.332 e. The van der Waals surface area contributed by atoms with E-state index in [0.717, 1.165) is 32.3 Å². The van der Waals surface area contributed by atoms with Crippen molar-refractivity contribution in [3.63, 3.8) is 0 Å². The molecule has 1 N–H and O–H groups in total. The van der Waals surface area contributed by atoms with Gasteiger partial charge in [0, 0.05) is 54.5 Å². The van der Waals surface area contributed by atoms with Gasteiger partial charge in [-0.3, -0.25) is 18.6 Å². The van der Waals surface area contributed by atoms with Crippen LogP contribution in [0.5, 0.6) is 0 Å². The van der Waals surface area contributed by atoms with Crippen LogP contribution in [-0.4, -0.2) is 41.3 Å². The average Bonchev–Trinajstić information content (AvgIpc) is 3.56. The highest BCUT2D eigenvalue weighted by molar-refractivity contribution is 6.31. The van der Waals surface area contributed by atoms with E-state index in [2.05, 4.69) is 10.1 Å². The summed E-state index contributed by atoms with van der Waals surface area (Å²) in [7, 11) is 4.92. The molecule has 5 aromatic rings. The van der Waals surface area contributed by atoms with Crippen LogP contribution in [0.4, 0.5) is 0 Å². The number of nitrogens with zero attached hydrogens (tertiary/aromatic N) is 6. The van der Waals surface area contributed by atoms with Crippen LogP contribution in [0.1, 0.15) is 31.9 Å². The molecule has 0 aliphatic carbocycles. The molecule has 0 saturated carbocycles. The van der Waals surface area contributed by atoms with Crippen molar-refractivity contribution in [2.45, 2.75) is 33.9 Å². The number of hydrogen-bond acceptors (Lipinski definition) is 5. The zero-order valence-corrected chi connectivity index (χ0v) is 23.0. The van der Waals surface area contributed by atoms with Crippen LogP contribution in [0.15, 0.2) is 51.4 Å². The van der Waals surface area contributed by atoms with Gasteiger partial charge in [0.25, 0.3) is 5.56 Å². The van der Waals surface area contributed by atoms with Gasteiger partial charge in [-0.15, -0.1) is 0 Å². The second kappa shape index (κ2) is 9.68. The van der Waals surface area contributed by atoms with Gasteiger partial charge >= 0.3 is 5.69 Å². The summed E-state index contributed by atoms with van der Waals surface area (Å²) in [4.78, 5) is 35.1. The maximum absolute atomic E-state index is 13.6. The minimum atomic E-state index is -0.391. The summed E-state index contributed by atoms with van der Waals surface area (Å²) in [5, 5.41) is 10.9. The molecule has 0 unspecified atom stereocenters. The lowest BCUT2D eigenvalue weighted by Gasteiger charge is -2.11. The fourth-order valence-electron chi connectivity index (χ4n) is 4.90. The van der Waals surface area contributed by atoms with Gasteiger partial charge in [-0.2, -0.15) is 5.10 Å². The fourth-order valence-corrected chi connectivity index (χ4v) is 5.07. The molecule has 0 aliphatic rings. The number of aromatic amines is 1. The topological polar surface area (TPSA) is 104 Å². The number of aromatic nitrogens is 6. The molecule has 0 atom stereocenters. The van der Waals surface area contributed by atoms with Crippen LogP contribution in [0, 0.1) is 5.92 Å². The molecule has 0 aliphatic heterocycles. The Kier molecular flexibility index (Phi) is 6.52. The molecule has 38 heavy (non-hydrogen) atoms. The first-order valence-electron chi connectivity index (χ1n) is 12.3. The molecular formula is C27H30ClN7O3. The summed E-state index contributed by atoms with van der Waals surface area (Å²) >= 11 is 6.30. The third-order valence-electron chi connectivity index (χ3n) is 6.72. The van der Waals surface area contributed by atoms with Crippen molar-refractivity contribution in [2.75, 3.05) is 7.11 Å². The molecule has 10 nitrogen and oxygen atoms in total. The summed E-state index contributed by atoms with van der Waals surface area (Å²) in [6.45, 7) is 6.69. The Bertz CT molecular complexity index is 1830. The van der Waals surface area contributed by atoms with Gasteiger partial charge in [-0.25, -0.2) is 4.79 Å². The largest absolute Gasteiger partial charge is 0.399 e. The predicted octanol–water partition coefficient (Wildman–Crippen LogP) is 4.11. The highest BCUT2D eigenvalue weighted by atomic mass is 35.5. The lowest BCUT2D eigenvalue weighted by atomic mass is 10.1. The van der Waals surface area contributed by atoms with Crippen molar-refractivity contribution in [3.8, 4) is 11.4 Å². The first-order valence-corrected chi connectivity index (χ1v) is 12.7. The molecule has 0 radical (unpaired) electrons. The predicted molar refractivity (Wildman–Crippen MR) is 150 cm³/mol. The highest BCUT2D eigenvalue weighted by Crippen LogP contribution is 2.30. The van der Waals surface area contributed by atoms with E-state index < -0.39 is 5.56 Å². The van der Waals surface area contributed by atoms with E-state index in [4.69, 9.17) is 21.5 Å². The van der Waals surface area contributed by atoms with Crippen LogP contribution in [-0.2, 0) is 32.0 Å². The number of halogens is 1. The minimum absolute atomic E-state index is 0.173. The summed E-state index contributed by atoms with van der Waals surface area (Å²) in [6, 6.07) is 7.62. The Morgan fingerprint density at radius 1 is 1.21 bits per heavy atom. The van der Waals surface area contributed by atoms with Gasteiger partial charge in [-0.1, -0.05) is 30.6 Å². The van der Waals surface area contributed by atoms with E-state index >= 15 is 0 Å². The van der Waals surface area contributed by atoms with Crippen molar-refractivity contribution in [1.82, 2.24) is 28.5 Å². The highest BCUT2D eigenvalue weighted by Gasteiger charge is 2.25. The van der Waals surface area contributed by atoms with E-state index in [1.165, 1.54) is 14.2 Å². The van der Waals surface area contributed by atoms with Gasteiger partial charge in [0.2, 0.25) is 0 Å². The second-order valence-electron chi connectivity index (χ2n) is 9.94. The van der Waals surface area contributed by atoms with Crippen molar-refractivity contribution < 1.29 is 4.84 Å².